The van der Waals surface area contributed by atoms with E-state index in [1.54, 1.807) is 9.80 Å². The lowest BCUT2D eigenvalue weighted by Crippen LogP contribution is -2.39. The molecule has 1 saturated heterocycles. The summed E-state index contributed by atoms with van der Waals surface area (Å²) in [6.07, 6.45) is -0.579. The number of para-hydroxylation sites is 1. The van der Waals surface area contributed by atoms with Gasteiger partial charge in [-0.3, -0.25) is 9.69 Å². The van der Waals surface area contributed by atoms with E-state index >= 15 is 0 Å². The fraction of sp³-hybridized carbons (Fsp3) is 0.500. The van der Waals surface area contributed by atoms with Crippen LogP contribution in [-0.4, -0.2) is 59.4 Å². The molecule has 0 aliphatic carbocycles. The van der Waals surface area contributed by atoms with Crippen molar-refractivity contribution in [2.45, 2.75) is 18.6 Å². The van der Waals surface area contributed by atoms with Gasteiger partial charge in [-0.05, 0) is 18.1 Å². The molecular weight excluding hydrogens is 244 g/mol. The van der Waals surface area contributed by atoms with E-state index in [0.29, 0.717) is 13.1 Å². The third kappa shape index (κ3) is 2.36. The largest absolute Gasteiger partial charge is 0.389 e. The van der Waals surface area contributed by atoms with Crippen LogP contribution < -0.4 is 4.90 Å². The van der Waals surface area contributed by atoms with Crippen LogP contribution in [0.25, 0.3) is 0 Å². The van der Waals surface area contributed by atoms with E-state index in [-0.39, 0.29) is 12.5 Å². The molecule has 0 unspecified atom stereocenters. The summed E-state index contributed by atoms with van der Waals surface area (Å²) in [6.45, 7) is 1.70. The first-order chi connectivity index (χ1) is 9.15. The Kier molecular flexibility index (Phi) is 3.26. The van der Waals surface area contributed by atoms with Crippen LogP contribution in [0.15, 0.2) is 24.3 Å². The molecule has 0 saturated carbocycles. The standard InChI is InChI=1S/C14H18N2O3/c17-12-7-15(8-13(12)18)9-14(19)16-6-5-10-3-1-2-4-11(10)16/h1-4,12-13,17-18H,5-9H2/t12-,13+. The number of carbonyl (C=O) groups is 1. The Morgan fingerprint density at radius 3 is 2.63 bits per heavy atom. The second kappa shape index (κ2) is 4.92. The average molecular weight is 262 g/mol. The molecule has 5 heteroatoms. The molecule has 102 valence electrons. The normalized spacial score (nSPS) is 26.7. The molecule has 2 aliphatic heterocycles. The monoisotopic (exact) mass is 262 g/mol. The van der Waals surface area contributed by atoms with Gasteiger partial charge in [0.1, 0.15) is 0 Å². The summed E-state index contributed by atoms with van der Waals surface area (Å²) in [7, 11) is 0. The predicted molar refractivity (Wildman–Crippen MR) is 71.0 cm³/mol. The Hall–Kier alpha value is -1.43. The second-order valence-electron chi connectivity index (χ2n) is 5.25. The Balaban J connectivity index is 1.66. The number of amides is 1. The van der Waals surface area contributed by atoms with Gasteiger partial charge in [0.15, 0.2) is 0 Å². The summed E-state index contributed by atoms with van der Waals surface area (Å²) in [4.78, 5) is 15.9. The fourth-order valence-electron chi connectivity index (χ4n) is 2.85. The maximum Gasteiger partial charge on any atom is 0.241 e. The molecule has 1 aromatic carbocycles. The number of likely N-dealkylation sites (tertiary alicyclic amines) is 1. The van der Waals surface area contributed by atoms with Gasteiger partial charge in [-0.15, -0.1) is 0 Å². The van der Waals surface area contributed by atoms with Crippen LogP contribution in [-0.2, 0) is 11.2 Å². The van der Waals surface area contributed by atoms with Crippen molar-refractivity contribution in [3.63, 3.8) is 0 Å². The minimum Gasteiger partial charge on any atom is -0.389 e. The zero-order chi connectivity index (χ0) is 13.4. The molecule has 1 fully saturated rings. The van der Waals surface area contributed by atoms with Gasteiger partial charge in [-0.1, -0.05) is 18.2 Å². The van der Waals surface area contributed by atoms with Crippen molar-refractivity contribution in [3.8, 4) is 0 Å². The minimum absolute atomic E-state index is 0.0336. The lowest BCUT2D eigenvalue weighted by molar-refractivity contribution is -0.119. The van der Waals surface area contributed by atoms with Crippen LogP contribution in [0.2, 0.25) is 0 Å². The summed E-state index contributed by atoms with van der Waals surface area (Å²) in [5, 5.41) is 19.0. The molecule has 2 atom stereocenters. The zero-order valence-electron chi connectivity index (χ0n) is 10.7. The molecule has 2 aliphatic rings. The fourth-order valence-corrected chi connectivity index (χ4v) is 2.85. The number of fused-ring (bicyclic) bond motifs is 1. The van der Waals surface area contributed by atoms with Crippen molar-refractivity contribution < 1.29 is 15.0 Å². The molecule has 0 bridgehead atoms. The summed E-state index contributed by atoms with van der Waals surface area (Å²) in [6, 6.07) is 7.94. The maximum absolute atomic E-state index is 12.3. The molecule has 2 N–H and O–H groups in total. The van der Waals surface area contributed by atoms with Gasteiger partial charge in [0.05, 0.1) is 18.8 Å². The summed E-state index contributed by atoms with van der Waals surface area (Å²) >= 11 is 0. The van der Waals surface area contributed by atoms with Gasteiger partial charge >= 0.3 is 0 Å². The van der Waals surface area contributed by atoms with E-state index in [1.165, 1.54) is 5.56 Å². The molecule has 5 nitrogen and oxygen atoms in total. The number of benzene rings is 1. The number of β-amino-alcohol motifs (C(OH)–C–C–N with tert-alkyl or cyclic N) is 2. The van der Waals surface area contributed by atoms with E-state index in [9.17, 15) is 15.0 Å². The third-order valence-corrected chi connectivity index (χ3v) is 3.88. The van der Waals surface area contributed by atoms with Crippen LogP contribution in [0.1, 0.15) is 5.56 Å². The molecule has 1 amide bonds. The highest BCUT2D eigenvalue weighted by Crippen LogP contribution is 2.27. The Bertz CT molecular complexity index is 481. The predicted octanol–water partition coefficient (Wildman–Crippen LogP) is -0.387. The number of carbonyl (C=O) groups excluding carboxylic acids is 1. The lowest BCUT2D eigenvalue weighted by atomic mass is 10.2. The highest BCUT2D eigenvalue weighted by molar-refractivity contribution is 5.96. The Morgan fingerprint density at radius 2 is 1.89 bits per heavy atom. The Labute approximate surface area is 112 Å². The minimum atomic E-state index is -0.737. The van der Waals surface area contributed by atoms with Gasteiger partial charge in [-0.2, -0.15) is 0 Å². The van der Waals surface area contributed by atoms with Gasteiger partial charge in [0.2, 0.25) is 5.91 Å². The maximum atomic E-state index is 12.3. The van der Waals surface area contributed by atoms with Gasteiger partial charge < -0.3 is 15.1 Å². The number of anilines is 1. The van der Waals surface area contributed by atoms with Crippen LogP contribution in [0.3, 0.4) is 0 Å². The van der Waals surface area contributed by atoms with Gasteiger partial charge in [-0.25, -0.2) is 0 Å². The summed E-state index contributed by atoms with van der Waals surface area (Å²) in [5.74, 6) is 0.0336. The van der Waals surface area contributed by atoms with Crippen molar-refractivity contribution >= 4 is 11.6 Å². The van der Waals surface area contributed by atoms with Crippen molar-refractivity contribution in [2.24, 2.45) is 0 Å². The Morgan fingerprint density at radius 1 is 1.21 bits per heavy atom. The van der Waals surface area contributed by atoms with Gasteiger partial charge in [0.25, 0.3) is 0 Å². The highest BCUT2D eigenvalue weighted by atomic mass is 16.3. The molecule has 0 aromatic heterocycles. The van der Waals surface area contributed by atoms with E-state index in [0.717, 1.165) is 18.7 Å². The van der Waals surface area contributed by atoms with Crippen LogP contribution in [0, 0.1) is 0 Å². The first-order valence-corrected chi connectivity index (χ1v) is 6.62. The molecule has 2 heterocycles. The average Bonchev–Trinajstić information content (AvgIpc) is 2.94. The smallest absolute Gasteiger partial charge is 0.241 e. The van der Waals surface area contributed by atoms with Crippen LogP contribution in [0.5, 0.6) is 0 Å². The van der Waals surface area contributed by atoms with Gasteiger partial charge in [0, 0.05) is 25.3 Å². The number of rotatable bonds is 2. The quantitative estimate of drug-likeness (QED) is 0.762. The first-order valence-electron chi connectivity index (χ1n) is 6.62. The SMILES string of the molecule is O=C(CN1C[C@@H](O)[C@@H](O)C1)N1CCc2ccccc21. The van der Waals surface area contributed by atoms with Crippen molar-refractivity contribution in [3.05, 3.63) is 29.8 Å². The zero-order valence-corrected chi connectivity index (χ0v) is 10.7. The highest BCUT2D eigenvalue weighted by Gasteiger charge is 2.32. The number of hydrogen-bond acceptors (Lipinski definition) is 4. The summed E-state index contributed by atoms with van der Waals surface area (Å²) in [5.41, 5.74) is 2.20. The molecule has 19 heavy (non-hydrogen) atoms. The second-order valence-corrected chi connectivity index (χ2v) is 5.25. The summed E-state index contributed by atoms with van der Waals surface area (Å²) < 4.78 is 0. The number of hydrogen-bond donors (Lipinski definition) is 2. The van der Waals surface area contributed by atoms with E-state index in [4.69, 9.17) is 0 Å². The van der Waals surface area contributed by atoms with E-state index in [1.807, 2.05) is 24.3 Å². The molecular formula is C14H18N2O3. The van der Waals surface area contributed by atoms with Crippen LogP contribution in [0.4, 0.5) is 5.69 Å². The molecule has 1 aromatic rings. The molecule has 3 rings (SSSR count). The van der Waals surface area contributed by atoms with E-state index < -0.39 is 12.2 Å². The molecule has 0 spiro atoms. The van der Waals surface area contributed by atoms with E-state index in [2.05, 4.69) is 0 Å². The van der Waals surface area contributed by atoms with Crippen molar-refractivity contribution in [2.75, 3.05) is 31.1 Å². The molecule has 0 radical (unpaired) electrons. The lowest BCUT2D eigenvalue weighted by Gasteiger charge is -2.21. The first kappa shape index (κ1) is 12.6. The van der Waals surface area contributed by atoms with Crippen molar-refractivity contribution in [1.29, 1.82) is 0 Å². The van der Waals surface area contributed by atoms with Crippen molar-refractivity contribution in [1.82, 2.24) is 4.90 Å². The number of aliphatic hydroxyl groups excluding tert-OH is 2. The topological polar surface area (TPSA) is 64.0 Å². The third-order valence-electron chi connectivity index (χ3n) is 3.88. The number of aliphatic hydroxyl groups is 2. The number of nitrogens with zero attached hydrogens (tertiary/aromatic N) is 2. The van der Waals surface area contributed by atoms with Crippen LogP contribution >= 0.6 is 0 Å².